The van der Waals surface area contributed by atoms with E-state index < -0.39 is 23.7 Å². The first-order chi connectivity index (χ1) is 26.0. The van der Waals surface area contributed by atoms with Gasteiger partial charge >= 0.3 is 6.18 Å². The Morgan fingerprint density at radius 1 is 0.685 bits per heavy atom. The van der Waals surface area contributed by atoms with Gasteiger partial charge < -0.3 is 19.6 Å². The zero-order valence-corrected chi connectivity index (χ0v) is 30.5. The minimum Gasteiger partial charge on any atom is -0.368 e. The molecule has 0 bridgehead atoms. The van der Waals surface area contributed by atoms with E-state index in [1.165, 1.54) is 29.8 Å². The van der Waals surface area contributed by atoms with Gasteiger partial charge in [0.2, 0.25) is 17.7 Å². The van der Waals surface area contributed by atoms with Crippen molar-refractivity contribution in [1.29, 1.82) is 0 Å². The Hall–Kier alpha value is -5.42. The molecular formula is C43H46F3N5O3. The maximum Gasteiger partial charge on any atom is 0.416 e. The summed E-state index contributed by atoms with van der Waals surface area (Å²) in [5.41, 5.74) is 3.62. The lowest BCUT2D eigenvalue weighted by atomic mass is 10.0. The molecular weight excluding hydrogens is 691 g/mol. The molecule has 2 saturated heterocycles. The van der Waals surface area contributed by atoms with Crippen LogP contribution in [0.5, 0.6) is 0 Å². The Labute approximate surface area is 315 Å². The number of rotatable bonds is 11. The van der Waals surface area contributed by atoms with E-state index in [0.29, 0.717) is 64.3 Å². The number of halogens is 3. The van der Waals surface area contributed by atoms with Crippen LogP contribution in [0.4, 0.5) is 18.9 Å². The highest BCUT2D eigenvalue weighted by Gasteiger charge is 2.34. The van der Waals surface area contributed by atoms with Crippen molar-refractivity contribution in [3.63, 3.8) is 0 Å². The average Bonchev–Trinajstić information content (AvgIpc) is 3.19. The van der Waals surface area contributed by atoms with Gasteiger partial charge in [0.05, 0.1) is 5.56 Å². The zero-order chi connectivity index (χ0) is 38.1. The topological polar surface area (TPSA) is 67.4 Å². The highest BCUT2D eigenvalue weighted by atomic mass is 19.4. The van der Waals surface area contributed by atoms with Gasteiger partial charge in [-0.1, -0.05) is 84.9 Å². The third kappa shape index (κ3) is 10.2. The van der Waals surface area contributed by atoms with Crippen molar-refractivity contribution in [3.05, 3.63) is 143 Å². The van der Waals surface area contributed by atoms with Crippen molar-refractivity contribution in [2.45, 2.75) is 38.7 Å². The standard InChI is InChI=1S/C43H46F3N5O3/c1-33(52)48-26-28-49(29-27-48)39-19-14-37(15-20-39)32-51(41(53)21-16-34-12-17-38(18-13-34)43(44,45)46)40(30-35-8-4-2-5-9-35)42(54)50-24-22-47(23-25-50)31-36-10-6-3-7-11-36/h2-21,40H,22-32H2,1H3/t40-/m0/s1. The molecule has 8 nitrogen and oxygen atoms in total. The van der Waals surface area contributed by atoms with E-state index in [0.717, 1.165) is 35.5 Å². The van der Waals surface area contributed by atoms with Gasteiger partial charge in [-0.2, -0.15) is 13.2 Å². The molecule has 0 radical (unpaired) electrons. The molecule has 11 heteroatoms. The summed E-state index contributed by atoms with van der Waals surface area (Å²) < 4.78 is 39.6. The van der Waals surface area contributed by atoms with Crippen molar-refractivity contribution in [3.8, 4) is 0 Å². The highest BCUT2D eigenvalue weighted by Crippen LogP contribution is 2.29. The van der Waals surface area contributed by atoms with Crippen molar-refractivity contribution in [1.82, 2.24) is 19.6 Å². The molecule has 0 aromatic heterocycles. The summed E-state index contributed by atoms with van der Waals surface area (Å²) in [7, 11) is 0. The number of anilines is 1. The molecule has 2 aliphatic rings. The second-order valence-electron chi connectivity index (χ2n) is 13.9. The average molecular weight is 738 g/mol. The molecule has 0 spiro atoms. The first-order valence-electron chi connectivity index (χ1n) is 18.4. The van der Waals surface area contributed by atoms with Gasteiger partial charge in [-0.3, -0.25) is 19.3 Å². The van der Waals surface area contributed by atoms with Gasteiger partial charge in [0.25, 0.3) is 0 Å². The Balaban J connectivity index is 1.25. The summed E-state index contributed by atoms with van der Waals surface area (Å²) in [5, 5.41) is 0. The summed E-state index contributed by atoms with van der Waals surface area (Å²) in [4.78, 5) is 50.5. The van der Waals surface area contributed by atoms with Gasteiger partial charge in [-0.05, 0) is 52.6 Å². The van der Waals surface area contributed by atoms with E-state index in [-0.39, 0.29) is 18.4 Å². The Morgan fingerprint density at radius 3 is 1.83 bits per heavy atom. The third-order valence-electron chi connectivity index (χ3n) is 10.2. The predicted molar refractivity (Wildman–Crippen MR) is 204 cm³/mol. The summed E-state index contributed by atoms with van der Waals surface area (Å²) in [6.07, 6.45) is -1.34. The quantitative estimate of drug-likeness (QED) is 0.168. The zero-order valence-electron chi connectivity index (χ0n) is 30.5. The maximum absolute atomic E-state index is 14.6. The van der Waals surface area contributed by atoms with E-state index in [2.05, 4.69) is 21.9 Å². The molecule has 282 valence electrons. The normalized spacial score (nSPS) is 16.0. The van der Waals surface area contributed by atoms with Gasteiger partial charge in [-0.15, -0.1) is 0 Å². The van der Waals surface area contributed by atoms with Crippen LogP contribution in [0.2, 0.25) is 0 Å². The van der Waals surface area contributed by atoms with E-state index >= 15 is 0 Å². The van der Waals surface area contributed by atoms with Gasteiger partial charge in [-0.25, -0.2) is 0 Å². The van der Waals surface area contributed by atoms with Crippen LogP contribution in [0.15, 0.2) is 115 Å². The number of carbonyl (C=O) groups excluding carboxylic acids is 3. The second-order valence-corrected chi connectivity index (χ2v) is 13.9. The molecule has 1 atom stereocenters. The van der Waals surface area contributed by atoms with E-state index in [4.69, 9.17) is 0 Å². The largest absolute Gasteiger partial charge is 0.416 e. The molecule has 2 aliphatic heterocycles. The number of amides is 3. The summed E-state index contributed by atoms with van der Waals surface area (Å²) >= 11 is 0. The number of piperazine rings is 2. The number of hydrogen-bond acceptors (Lipinski definition) is 5. The van der Waals surface area contributed by atoms with Gasteiger partial charge in [0, 0.05) is 90.6 Å². The highest BCUT2D eigenvalue weighted by molar-refractivity contribution is 5.96. The monoisotopic (exact) mass is 737 g/mol. The minimum absolute atomic E-state index is 0.0656. The molecule has 2 heterocycles. The second kappa shape index (κ2) is 17.6. The molecule has 6 rings (SSSR count). The molecule has 2 fully saturated rings. The van der Waals surface area contributed by atoms with Crippen LogP contribution in [0, 0.1) is 0 Å². The molecule has 0 unspecified atom stereocenters. The predicted octanol–water partition coefficient (Wildman–Crippen LogP) is 6.37. The van der Waals surface area contributed by atoms with E-state index in [1.54, 1.807) is 11.8 Å². The van der Waals surface area contributed by atoms with Crippen LogP contribution in [-0.4, -0.2) is 95.7 Å². The number of benzene rings is 4. The lowest BCUT2D eigenvalue weighted by Crippen LogP contribution is -2.56. The fourth-order valence-electron chi connectivity index (χ4n) is 7.02. The van der Waals surface area contributed by atoms with Crippen LogP contribution in [0.1, 0.15) is 34.7 Å². The smallest absolute Gasteiger partial charge is 0.368 e. The molecule has 0 N–H and O–H groups in total. The molecule has 4 aromatic carbocycles. The molecule has 0 aliphatic carbocycles. The number of nitrogens with zero attached hydrogens (tertiary/aromatic N) is 5. The molecule has 54 heavy (non-hydrogen) atoms. The van der Waals surface area contributed by atoms with Crippen LogP contribution in [0.3, 0.4) is 0 Å². The molecule has 0 saturated carbocycles. The lowest BCUT2D eigenvalue weighted by molar-refractivity contribution is -0.145. The lowest BCUT2D eigenvalue weighted by Gasteiger charge is -2.39. The van der Waals surface area contributed by atoms with Gasteiger partial charge in [0.1, 0.15) is 6.04 Å². The van der Waals surface area contributed by atoms with Crippen molar-refractivity contribution < 1.29 is 27.6 Å². The van der Waals surface area contributed by atoms with Crippen LogP contribution in [0.25, 0.3) is 6.08 Å². The molecule has 4 aromatic rings. The van der Waals surface area contributed by atoms with Crippen LogP contribution in [-0.2, 0) is 40.1 Å². The fourth-order valence-corrected chi connectivity index (χ4v) is 7.02. The first kappa shape index (κ1) is 38.3. The van der Waals surface area contributed by atoms with E-state index in [9.17, 15) is 27.6 Å². The van der Waals surface area contributed by atoms with Crippen LogP contribution >= 0.6 is 0 Å². The summed E-state index contributed by atoms with van der Waals surface area (Å²) in [6, 6.07) is 31.5. The minimum atomic E-state index is -4.47. The van der Waals surface area contributed by atoms with Crippen molar-refractivity contribution in [2.24, 2.45) is 0 Å². The Kier molecular flexibility index (Phi) is 12.5. The first-order valence-corrected chi connectivity index (χ1v) is 18.4. The SMILES string of the molecule is CC(=O)N1CCN(c2ccc(CN(C(=O)C=Cc3ccc(C(F)(F)F)cc3)[C@@H](Cc3ccccc3)C(=O)N3CCN(Cc4ccccc4)CC3)cc2)CC1. The maximum atomic E-state index is 14.6. The third-order valence-corrected chi connectivity index (χ3v) is 10.2. The van der Waals surface area contributed by atoms with Crippen molar-refractivity contribution >= 4 is 29.5 Å². The Bertz CT molecular complexity index is 1870. The van der Waals surface area contributed by atoms with Crippen LogP contribution < -0.4 is 4.90 Å². The summed E-state index contributed by atoms with van der Waals surface area (Å²) in [5.74, 6) is -0.499. The van der Waals surface area contributed by atoms with E-state index in [1.807, 2.05) is 82.6 Å². The molecule has 3 amide bonds. The number of hydrogen-bond donors (Lipinski definition) is 0. The Morgan fingerprint density at radius 2 is 1.26 bits per heavy atom. The number of alkyl halides is 3. The van der Waals surface area contributed by atoms with Gasteiger partial charge in [0.15, 0.2) is 0 Å². The summed E-state index contributed by atoms with van der Waals surface area (Å²) in [6.45, 7) is 7.67. The number of carbonyl (C=O) groups is 3. The van der Waals surface area contributed by atoms with Crippen molar-refractivity contribution in [2.75, 3.05) is 57.3 Å². The fraction of sp³-hybridized carbons (Fsp3) is 0.326.